The fourth-order valence-corrected chi connectivity index (χ4v) is 3.52. The Morgan fingerprint density at radius 3 is 2.46 bits per heavy atom. The van der Waals surface area contributed by atoms with Gasteiger partial charge in [-0.05, 0) is 49.6 Å². The van der Waals surface area contributed by atoms with Crippen molar-refractivity contribution in [2.45, 2.75) is 65.8 Å². The molecule has 0 aromatic rings. The Hall–Kier alpha value is -0.810. The van der Waals surface area contributed by atoms with E-state index in [1.807, 2.05) is 0 Å². The molecule has 0 spiro atoms. The van der Waals surface area contributed by atoms with Crippen LogP contribution < -0.4 is 10.6 Å². The van der Waals surface area contributed by atoms with E-state index in [1.54, 1.807) is 4.90 Å². The number of carbonyl (C=O) groups excluding carboxylic acids is 2. The molecule has 0 aromatic heterocycles. The Morgan fingerprint density at radius 2 is 1.88 bits per heavy atom. The summed E-state index contributed by atoms with van der Waals surface area (Å²) in [6, 6.07) is -0.268. The summed E-state index contributed by atoms with van der Waals surface area (Å²) in [5.41, 5.74) is 0.142. The molecule has 2 amide bonds. The minimum Gasteiger partial charge on any atom is -0.354 e. The van der Waals surface area contributed by atoms with Crippen LogP contribution in [0.1, 0.15) is 59.8 Å². The first-order valence-electron chi connectivity index (χ1n) is 8.98. The molecule has 2 heterocycles. The Labute approximate surface area is 152 Å². The average molecular weight is 360 g/mol. The van der Waals surface area contributed by atoms with Crippen LogP contribution in [0.25, 0.3) is 0 Å². The molecule has 0 radical (unpaired) electrons. The Bertz CT molecular complexity index is 442. The van der Waals surface area contributed by atoms with Gasteiger partial charge in [0.05, 0.1) is 0 Å². The van der Waals surface area contributed by atoms with E-state index in [-0.39, 0.29) is 41.1 Å². The molecule has 2 N–H and O–H groups in total. The molecule has 0 saturated carbocycles. The van der Waals surface area contributed by atoms with Crippen molar-refractivity contribution in [3.63, 3.8) is 0 Å². The molecule has 2 aliphatic rings. The van der Waals surface area contributed by atoms with Gasteiger partial charge in [-0.15, -0.1) is 12.4 Å². The number of hydrogen-bond acceptors (Lipinski definition) is 3. The summed E-state index contributed by atoms with van der Waals surface area (Å²) in [6.45, 7) is 11.9. The van der Waals surface area contributed by atoms with Gasteiger partial charge in [0.15, 0.2) is 0 Å². The minimum absolute atomic E-state index is 0. The van der Waals surface area contributed by atoms with Crippen molar-refractivity contribution in [3.8, 4) is 0 Å². The first kappa shape index (κ1) is 21.2. The van der Waals surface area contributed by atoms with Crippen molar-refractivity contribution in [3.05, 3.63) is 0 Å². The maximum Gasteiger partial charge on any atom is 0.242 e. The molecule has 1 unspecified atom stereocenters. The number of nitrogens with zero attached hydrogens (tertiary/aromatic N) is 1. The Morgan fingerprint density at radius 1 is 1.25 bits per heavy atom. The van der Waals surface area contributed by atoms with Crippen LogP contribution in [0.3, 0.4) is 0 Å². The normalized spacial score (nSPS) is 23.5. The topological polar surface area (TPSA) is 61.4 Å². The number of nitrogens with one attached hydrogen (secondary N) is 2. The van der Waals surface area contributed by atoms with Gasteiger partial charge in [-0.3, -0.25) is 9.59 Å². The number of piperidine rings is 1. The molecule has 2 saturated heterocycles. The van der Waals surface area contributed by atoms with Gasteiger partial charge in [0.1, 0.15) is 6.04 Å². The third kappa shape index (κ3) is 5.92. The van der Waals surface area contributed by atoms with E-state index in [2.05, 4.69) is 38.3 Å². The predicted octanol–water partition coefficient (Wildman–Crippen LogP) is 2.34. The van der Waals surface area contributed by atoms with E-state index in [0.717, 1.165) is 38.8 Å². The monoisotopic (exact) mass is 359 g/mol. The summed E-state index contributed by atoms with van der Waals surface area (Å²) in [6.07, 6.45) is 4.39. The number of halogens is 1. The molecule has 0 aliphatic carbocycles. The minimum atomic E-state index is -0.268. The highest BCUT2D eigenvalue weighted by atomic mass is 35.5. The molecule has 0 aromatic carbocycles. The van der Waals surface area contributed by atoms with E-state index in [9.17, 15) is 9.59 Å². The maximum absolute atomic E-state index is 12.6. The quantitative estimate of drug-likeness (QED) is 0.809. The fraction of sp³-hybridized carbons (Fsp3) is 0.889. The van der Waals surface area contributed by atoms with Gasteiger partial charge in [-0.1, -0.05) is 27.7 Å². The van der Waals surface area contributed by atoms with Gasteiger partial charge in [0, 0.05) is 19.5 Å². The van der Waals surface area contributed by atoms with Gasteiger partial charge < -0.3 is 15.5 Å². The molecule has 1 atom stereocenters. The molecule has 6 heteroatoms. The second-order valence-electron chi connectivity index (χ2n) is 8.76. The lowest BCUT2D eigenvalue weighted by atomic mass is 9.81. The lowest BCUT2D eigenvalue weighted by Crippen LogP contribution is -2.50. The summed E-state index contributed by atoms with van der Waals surface area (Å²) < 4.78 is 0. The molecule has 2 rings (SSSR count). The highest BCUT2D eigenvalue weighted by Crippen LogP contribution is 2.28. The summed E-state index contributed by atoms with van der Waals surface area (Å²) in [7, 11) is 0. The van der Waals surface area contributed by atoms with Crippen molar-refractivity contribution < 1.29 is 9.59 Å². The standard InChI is InChI=1S/C18H33N3O2.ClH/c1-17(2,3)12-15(22)21-11-5-6-14(21)16(23)20-13-18(4)7-9-19-10-8-18;/h14,19H,5-13H2,1-4H3,(H,20,23);1H. The van der Waals surface area contributed by atoms with E-state index in [1.165, 1.54) is 0 Å². The highest BCUT2D eigenvalue weighted by molar-refractivity contribution is 5.88. The van der Waals surface area contributed by atoms with Gasteiger partial charge in [0.2, 0.25) is 11.8 Å². The summed E-state index contributed by atoms with van der Waals surface area (Å²) in [5.74, 6) is 0.146. The largest absolute Gasteiger partial charge is 0.354 e. The van der Waals surface area contributed by atoms with E-state index < -0.39 is 0 Å². The van der Waals surface area contributed by atoms with Crippen LogP contribution in [-0.4, -0.2) is 48.9 Å². The summed E-state index contributed by atoms with van der Waals surface area (Å²) >= 11 is 0. The number of hydrogen-bond donors (Lipinski definition) is 2. The van der Waals surface area contributed by atoms with E-state index in [4.69, 9.17) is 0 Å². The van der Waals surface area contributed by atoms with Crippen LogP contribution in [-0.2, 0) is 9.59 Å². The molecular formula is C18H34ClN3O2. The highest BCUT2D eigenvalue weighted by Gasteiger charge is 2.36. The second kappa shape index (κ2) is 8.52. The van der Waals surface area contributed by atoms with Crippen molar-refractivity contribution in [2.75, 3.05) is 26.2 Å². The number of carbonyl (C=O) groups is 2. The maximum atomic E-state index is 12.6. The van der Waals surface area contributed by atoms with Gasteiger partial charge >= 0.3 is 0 Å². The number of amides is 2. The van der Waals surface area contributed by atoms with Crippen LogP contribution in [0, 0.1) is 10.8 Å². The van der Waals surface area contributed by atoms with Crippen molar-refractivity contribution >= 4 is 24.2 Å². The number of likely N-dealkylation sites (tertiary alicyclic amines) is 1. The van der Waals surface area contributed by atoms with Crippen molar-refractivity contribution in [1.29, 1.82) is 0 Å². The molecule has 5 nitrogen and oxygen atoms in total. The lowest BCUT2D eigenvalue weighted by Gasteiger charge is -2.35. The number of rotatable bonds is 4. The fourth-order valence-electron chi connectivity index (χ4n) is 3.52. The summed E-state index contributed by atoms with van der Waals surface area (Å²) in [4.78, 5) is 26.9. The molecule has 2 aliphatic heterocycles. The first-order chi connectivity index (χ1) is 10.7. The van der Waals surface area contributed by atoms with E-state index in [0.29, 0.717) is 19.5 Å². The van der Waals surface area contributed by atoms with Crippen LogP contribution in [0.5, 0.6) is 0 Å². The lowest BCUT2D eigenvalue weighted by molar-refractivity contribution is -0.140. The van der Waals surface area contributed by atoms with Crippen LogP contribution in [0.2, 0.25) is 0 Å². The van der Waals surface area contributed by atoms with Crippen LogP contribution >= 0.6 is 12.4 Å². The molecule has 140 valence electrons. The zero-order chi connectivity index (χ0) is 17.1. The third-order valence-corrected chi connectivity index (χ3v) is 5.06. The Kier molecular flexibility index (Phi) is 7.54. The Balaban J connectivity index is 0.00000288. The summed E-state index contributed by atoms with van der Waals surface area (Å²) in [5, 5.41) is 6.48. The third-order valence-electron chi connectivity index (χ3n) is 5.06. The zero-order valence-electron chi connectivity index (χ0n) is 15.6. The molecule has 24 heavy (non-hydrogen) atoms. The SMILES string of the molecule is CC(C)(C)CC(=O)N1CCCC1C(=O)NCC1(C)CCNCC1.Cl. The molecule has 0 bridgehead atoms. The molecule has 2 fully saturated rings. The van der Waals surface area contributed by atoms with Crippen molar-refractivity contribution in [2.24, 2.45) is 10.8 Å². The van der Waals surface area contributed by atoms with Gasteiger partial charge in [-0.25, -0.2) is 0 Å². The zero-order valence-corrected chi connectivity index (χ0v) is 16.4. The van der Waals surface area contributed by atoms with Crippen molar-refractivity contribution in [1.82, 2.24) is 15.5 Å². The smallest absolute Gasteiger partial charge is 0.242 e. The van der Waals surface area contributed by atoms with E-state index >= 15 is 0 Å². The van der Waals surface area contributed by atoms with Gasteiger partial charge in [-0.2, -0.15) is 0 Å². The van der Waals surface area contributed by atoms with Crippen LogP contribution in [0.4, 0.5) is 0 Å². The van der Waals surface area contributed by atoms with Gasteiger partial charge in [0.25, 0.3) is 0 Å². The molecular weight excluding hydrogens is 326 g/mol. The predicted molar refractivity (Wildman–Crippen MR) is 99.3 cm³/mol. The first-order valence-corrected chi connectivity index (χ1v) is 8.98. The van der Waals surface area contributed by atoms with Crippen LogP contribution in [0.15, 0.2) is 0 Å². The average Bonchev–Trinajstić information content (AvgIpc) is 2.93. The second-order valence-corrected chi connectivity index (χ2v) is 8.76.